The van der Waals surface area contributed by atoms with Gasteiger partial charge < -0.3 is 10.5 Å². The summed E-state index contributed by atoms with van der Waals surface area (Å²) in [5.74, 6) is -0.393. The molecule has 2 N–H and O–H groups in total. The zero-order valence-corrected chi connectivity index (χ0v) is 9.08. The summed E-state index contributed by atoms with van der Waals surface area (Å²) < 4.78 is 4.47. The van der Waals surface area contributed by atoms with E-state index in [1.54, 1.807) is 6.08 Å². The summed E-state index contributed by atoms with van der Waals surface area (Å²) in [6.45, 7) is 0. The summed E-state index contributed by atoms with van der Waals surface area (Å²) in [5, 5.41) is 0. The maximum Gasteiger partial charge on any atom is 0.330 e. The van der Waals surface area contributed by atoms with Crippen molar-refractivity contribution in [2.24, 2.45) is 5.73 Å². The lowest BCUT2D eigenvalue weighted by Gasteiger charge is -1.99. The maximum absolute atomic E-state index is 10.8. The summed E-state index contributed by atoms with van der Waals surface area (Å²) in [6.07, 6.45) is 2.99. The van der Waals surface area contributed by atoms with Gasteiger partial charge in [-0.2, -0.15) is 0 Å². The second-order valence-corrected chi connectivity index (χ2v) is 3.29. The van der Waals surface area contributed by atoms with Crippen LogP contribution in [-0.4, -0.2) is 18.1 Å². The smallest absolute Gasteiger partial charge is 0.330 e. The molecular weight excluding hydrogens is 210 g/mol. The SMILES string of the molecule is COC(=O)C=Cc1cccc(C(N)=S)c1. The van der Waals surface area contributed by atoms with E-state index in [9.17, 15) is 4.79 Å². The van der Waals surface area contributed by atoms with E-state index in [4.69, 9.17) is 18.0 Å². The van der Waals surface area contributed by atoms with Gasteiger partial charge in [0.1, 0.15) is 4.99 Å². The van der Waals surface area contributed by atoms with Crippen molar-refractivity contribution >= 4 is 29.3 Å². The molecule has 0 amide bonds. The second-order valence-electron chi connectivity index (χ2n) is 2.85. The third-order valence-corrected chi connectivity index (χ3v) is 2.02. The third kappa shape index (κ3) is 3.52. The third-order valence-electron chi connectivity index (χ3n) is 1.78. The van der Waals surface area contributed by atoms with Crippen molar-refractivity contribution in [2.75, 3.05) is 7.11 Å². The zero-order valence-electron chi connectivity index (χ0n) is 8.27. The molecule has 0 heterocycles. The maximum atomic E-state index is 10.8. The Kier molecular flexibility index (Phi) is 4.00. The molecule has 0 aliphatic rings. The number of benzene rings is 1. The van der Waals surface area contributed by atoms with Gasteiger partial charge in [-0.1, -0.05) is 30.4 Å². The highest BCUT2D eigenvalue weighted by atomic mass is 32.1. The topological polar surface area (TPSA) is 52.3 Å². The molecule has 15 heavy (non-hydrogen) atoms. The predicted molar refractivity (Wildman–Crippen MR) is 63.4 cm³/mol. The number of ether oxygens (including phenoxy) is 1. The van der Waals surface area contributed by atoms with Crippen molar-refractivity contribution in [3.05, 3.63) is 41.5 Å². The molecule has 0 spiro atoms. The van der Waals surface area contributed by atoms with Crippen molar-refractivity contribution in [1.82, 2.24) is 0 Å². The number of methoxy groups -OCH3 is 1. The van der Waals surface area contributed by atoms with Gasteiger partial charge in [-0.25, -0.2) is 4.79 Å². The van der Waals surface area contributed by atoms with Crippen molar-refractivity contribution in [2.45, 2.75) is 0 Å². The van der Waals surface area contributed by atoms with E-state index >= 15 is 0 Å². The summed E-state index contributed by atoms with van der Waals surface area (Å²) in [5.41, 5.74) is 7.11. The Morgan fingerprint density at radius 1 is 1.53 bits per heavy atom. The molecule has 1 aromatic carbocycles. The lowest BCUT2D eigenvalue weighted by molar-refractivity contribution is -0.134. The number of thiocarbonyl (C=S) groups is 1. The van der Waals surface area contributed by atoms with E-state index in [1.807, 2.05) is 24.3 Å². The van der Waals surface area contributed by atoms with E-state index in [0.717, 1.165) is 11.1 Å². The van der Waals surface area contributed by atoms with E-state index in [2.05, 4.69) is 4.74 Å². The molecule has 78 valence electrons. The molecule has 0 atom stereocenters. The van der Waals surface area contributed by atoms with Crippen LogP contribution in [0.5, 0.6) is 0 Å². The van der Waals surface area contributed by atoms with Crippen molar-refractivity contribution in [1.29, 1.82) is 0 Å². The first kappa shape index (κ1) is 11.4. The van der Waals surface area contributed by atoms with Crippen LogP contribution in [-0.2, 0) is 9.53 Å². The molecule has 0 radical (unpaired) electrons. The van der Waals surface area contributed by atoms with E-state index in [-0.39, 0.29) is 0 Å². The van der Waals surface area contributed by atoms with Crippen LogP contribution in [0.3, 0.4) is 0 Å². The van der Waals surface area contributed by atoms with Crippen LogP contribution in [0.15, 0.2) is 30.3 Å². The average Bonchev–Trinajstić information content (AvgIpc) is 2.26. The Balaban J connectivity index is 2.87. The van der Waals surface area contributed by atoms with E-state index < -0.39 is 5.97 Å². The monoisotopic (exact) mass is 221 g/mol. The molecule has 0 aliphatic heterocycles. The van der Waals surface area contributed by atoms with Gasteiger partial charge in [0.15, 0.2) is 0 Å². The number of carbonyl (C=O) groups excluding carboxylic acids is 1. The van der Waals surface area contributed by atoms with Gasteiger partial charge in [0.25, 0.3) is 0 Å². The minimum atomic E-state index is -0.393. The van der Waals surface area contributed by atoms with Crippen LogP contribution >= 0.6 is 12.2 Å². The second kappa shape index (κ2) is 5.26. The minimum Gasteiger partial charge on any atom is -0.466 e. The fourth-order valence-electron chi connectivity index (χ4n) is 1.03. The fraction of sp³-hybridized carbons (Fsp3) is 0.0909. The predicted octanol–water partition coefficient (Wildman–Crippen LogP) is 1.51. The number of nitrogens with two attached hydrogens (primary N) is 1. The molecule has 1 aromatic rings. The molecule has 4 heteroatoms. The van der Waals surface area contributed by atoms with Gasteiger partial charge in [-0.3, -0.25) is 0 Å². The molecule has 0 aromatic heterocycles. The fourth-order valence-corrected chi connectivity index (χ4v) is 1.15. The van der Waals surface area contributed by atoms with Crippen LogP contribution in [0, 0.1) is 0 Å². The molecule has 0 saturated carbocycles. The zero-order chi connectivity index (χ0) is 11.3. The van der Waals surface area contributed by atoms with Gasteiger partial charge in [0.2, 0.25) is 0 Å². The Morgan fingerprint density at radius 2 is 2.27 bits per heavy atom. The van der Waals surface area contributed by atoms with Gasteiger partial charge in [0.05, 0.1) is 7.11 Å². The highest BCUT2D eigenvalue weighted by Crippen LogP contribution is 2.07. The van der Waals surface area contributed by atoms with Crippen molar-refractivity contribution in [3.63, 3.8) is 0 Å². The van der Waals surface area contributed by atoms with Gasteiger partial charge in [0, 0.05) is 11.6 Å². The van der Waals surface area contributed by atoms with Gasteiger partial charge >= 0.3 is 5.97 Å². The Bertz CT molecular complexity index is 413. The first-order chi connectivity index (χ1) is 7.13. The molecule has 0 unspecified atom stereocenters. The summed E-state index contributed by atoms with van der Waals surface area (Å²) in [6, 6.07) is 7.30. The number of rotatable bonds is 3. The lowest BCUT2D eigenvalue weighted by Crippen LogP contribution is -2.08. The number of carbonyl (C=O) groups is 1. The first-order valence-electron chi connectivity index (χ1n) is 4.29. The van der Waals surface area contributed by atoms with E-state index in [0.29, 0.717) is 4.99 Å². The number of esters is 1. The summed E-state index contributed by atoms with van der Waals surface area (Å²) >= 11 is 4.84. The number of hydrogen-bond acceptors (Lipinski definition) is 3. The lowest BCUT2D eigenvalue weighted by atomic mass is 10.1. The first-order valence-corrected chi connectivity index (χ1v) is 4.70. The highest BCUT2D eigenvalue weighted by molar-refractivity contribution is 7.80. The average molecular weight is 221 g/mol. The van der Waals surface area contributed by atoms with Crippen LogP contribution < -0.4 is 5.73 Å². The highest BCUT2D eigenvalue weighted by Gasteiger charge is 1.96. The normalized spacial score (nSPS) is 10.2. The molecule has 1 rings (SSSR count). The quantitative estimate of drug-likeness (QED) is 0.477. The Labute approximate surface area is 93.5 Å². The van der Waals surface area contributed by atoms with Gasteiger partial charge in [-0.05, 0) is 17.7 Å². The van der Waals surface area contributed by atoms with Crippen LogP contribution in [0.1, 0.15) is 11.1 Å². The van der Waals surface area contributed by atoms with Gasteiger partial charge in [-0.15, -0.1) is 0 Å². The molecule has 0 saturated heterocycles. The van der Waals surface area contributed by atoms with Crippen molar-refractivity contribution in [3.8, 4) is 0 Å². The minimum absolute atomic E-state index is 0.336. The molecule has 0 bridgehead atoms. The van der Waals surface area contributed by atoms with Crippen LogP contribution in [0.2, 0.25) is 0 Å². The molecule has 0 fully saturated rings. The molecule has 3 nitrogen and oxygen atoms in total. The number of hydrogen-bond donors (Lipinski definition) is 1. The van der Waals surface area contributed by atoms with Crippen molar-refractivity contribution < 1.29 is 9.53 Å². The summed E-state index contributed by atoms with van der Waals surface area (Å²) in [7, 11) is 1.33. The Morgan fingerprint density at radius 3 is 2.87 bits per heavy atom. The standard InChI is InChI=1S/C11H11NO2S/c1-14-10(13)6-5-8-3-2-4-9(7-8)11(12)15/h2-7H,1H3,(H2,12,15). The molecular formula is C11H11NO2S. The molecule has 0 aliphatic carbocycles. The van der Waals surface area contributed by atoms with Crippen LogP contribution in [0.4, 0.5) is 0 Å². The summed E-state index contributed by atoms with van der Waals surface area (Å²) in [4.78, 5) is 11.2. The Hall–Kier alpha value is -1.68. The van der Waals surface area contributed by atoms with Crippen LogP contribution in [0.25, 0.3) is 6.08 Å². The largest absolute Gasteiger partial charge is 0.466 e. The van der Waals surface area contributed by atoms with E-state index in [1.165, 1.54) is 13.2 Å².